The second-order valence-electron chi connectivity index (χ2n) is 5.28. The highest BCUT2D eigenvalue weighted by atomic mass is 35.5. The Morgan fingerprint density at radius 1 is 1.04 bits per heavy atom. The minimum atomic E-state index is -4.16. The number of hydrogen-bond donors (Lipinski definition) is 1. The number of rotatable bonds is 5. The van der Waals surface area contributed by atoms with Crippen LogP contribution in [0.15, 0.2) is 53.6 Å². The Morgan fingerprint density at radius 2 is 1.81 bits per heavy atom. The molecule has 1 aromatic heterocycles. The second-order valence-corrected chi connectivity index (χ2v) is 7.37. The molecule has 0 saturated carbocycles. The van der Waals surface area contributed by atoms with Crippen LogP contribution in [0.5, 0.6) is 0 Å². The molecule has 0 fully saturated rings. The molecule has 0 aliphatic carbocycles. The lowest BCUT2D eigenvalue weighted by molar-refractivity contribution is 0.504. The van der Waals surface area contributed by atoms with E-state index in [-0.39, 0.29) is 22.9 Å². The third-order valence-corrected chi connectivity index (χ3v) is 5.17. The van der Waals surface area contributed by atoms with E-state index in [1.54, 1.807) is 0 Å². The molecule has 136 valence electrons. The zero-order valence-corrected chi connectivity index (χ0v) is 14.5. The maximum atomic E-state index is 13.8. The summed E-state index contributed by atoms with van der Waals surface area (Å²) >= 11 is 5.94. The van der Waals surface area contributed by atoms with Gasteiger partial charge in [0, 0.05) is 22.8 Å². The predicted molar refractivity (Wildman–Crippen MR) is 89.9 cm³/mol. The highest BCUT2D eigenvalue weighted by Crippen LogP contribution is 2.21. The molecule has 2 aromatic carbocycles. The van der Waals surface area contributed by atoms with Crippen molar-refractivity contribution in [2.75, 3.05) is 4.72 Å². The molecule has 0 aliphatic rings. The first-order chi connectivity index (χ1) is 12.3. The lowest BCUT2D eigenvalue weighted by Crippen LogP contribution is -2.14. The number of aromatic nitrogens is 2. The van der Waals surface area contributed by atoms with Crippen LogP contribution in [0.1, 0.15) is 5.56 Å². The molecule has 0 amide bonds. The average Bonchev–Trinajstić information content (AvgIpc) is 3.00. The molecule has 0 saturated heterocycles. The van der Waals surface area contributed by atoms with Crippen LogP contribution in [0.25, 0.3) is 0 Å². The summed E-state index contributed by atoms with van der Waals surface area (Å²) in [6.07, 6.45) is 1.42. The first-order valence-corrected chi connectivity index (χ1v) is 9.06. The summed E-state index contributed by atoms with van der Waals surface area (Å²) in [6, 6.07) is 7.78. The quantitative estimate of drug-likeness (QED) is 0.707. The van der Waals surface area contributed by atoms with Crippen LogP contribution in [-0.2, 0) is 16.6 Å². The van der Waals surface area contributed by atoms with Crippen molar-refractivity contribution in [3.63, 3.8) is 0 Å². The van der Waals surface area contributed by atoms with Gasteiger partial charge in [-0.25, -0.2) is 21.6 Å². The molecule has 1 N–H and O–H groups in total. The Hall–Kier alpha value is -2.52. The topological polar surface area (TPSA) is 64.0 Å². The molecule has 10 heteroatoms. The van der Waals surface area contributed by atoms with Crippen molar-refractivity contribution in [1.82, 2.24) is 9.78 Å². The van der Waals surface area contributed by atoms with Crippen molar-refractivity contribution in [2.24, 2.45) is 0 Å². The smallest absolute Gasteiger partial charge is 0.263 e. The predicted octanol–water partition coefficient (Wildman–Crippen LogP) is 3.80. The van der Waals surface area contributed by atoms with Gasteiger partial charge in [-0.2, -0.15) is 5.10 Å². The number of sulfonamides is 1. The summed E-state index contributed by atoms with van der Waals surface area (Å²) in [6.45, 7) is -0.0155. The summed E-state index contributed by atoms with van der Waals surface area (Å²) in [4.78, 5) is -0.455. The van der Waals surface area contributed by atoms with Gasteiger partial charge in [-0.15, -0.1) is 0 Å². The standard InChI is InChI=1S/C16H11ClF3N3O2S/c17-12-2-1-3-13(18)11(12)9-23-7-6-16(21-23)22-26(24,25)10-4-5-14(19)15(20)8-10/h1-8H,9H2,(H,21,22). The van der Waals surface area contributed by atoms with E-state index in [0.29, 0.717) is 12.1 Å². The van der Waals surface area contributed by atoms with Crippen LogP contribution >= 0.6 is 11.6 Å². The van der Waals surface area contributed by atoms with E-state index in [0.717, 1.165) is 6.07 Å². The Balaban J connectivity index is 1.80. The maximum absolute atomic E-state index is 13.8. The van der Waals surface area contributed by atoms with E-state index in [4.69, 9.17) is 11.6 Å². The van der Waals surface area contributed by atoms with Gasteiger partial charge >= 0.3 is 0 Å². The third-order valence-electron chi connectivity index (χ3n) is 3.46. The van der Waals surface area contributed by atoms with Crippen LogP contribution in [-0.4, -0.2) is 18.2 Å². The lowest BCUT2D eigenvalue weighted by Gasteiger charge is -2.07. The molecule has 3 aromatic rings. The average molecular weight is 402 g/mol. The van der Waals surface area contributed by atoms with Crippen molar-refractivity contribution >= 4 is 27.4 Å². The van der Waals surface area contributed by atoms with E-state index in [2.05, 4.69) is 9.82 Å². The van der Waals surface area contributed by atoms with Gasteiger partial charge in [-0.05, 0) is 30.3 Å². The monoisotopic (exact) mass is 401 g/mol. The summed E-state index contributed by atoms with van der Waals surface area (Å²) in [7, 11) is -4.16. The molecule has 3 rings (SSSR count). The van der Waals surface area contributed by atoms with Crippen molar-refractivity contribution < 1.29 is 21.6 Å². The van der Waals surface area contributed by atoms with Gasteiger partial charge in [0.05, 0.1) is 11.4 Å². The number of nitrogens with zero attached hydrogens (tertiary/aromatic N) is 2. The summed E-state index contributed by atoms with van der Waals surface area (Å²) in [5.41, 5.74) is 0.201. The second kappa shape index (κ2) is 7.00. The van der Waals surface area contributed by atoms with Crippen LogP contribution < -0.4 is 4.72 Å². The molecule has 0 spiro atoms. The van der Waals surface area contributed by atoms with E-state index < -0.39 is 32.4 Å². The molecular formula is C16H11ClF3N3O2S. The fraction of sp³-hybridized carbons (Fsp3) is 0.0625. The third kappa shape index (κ3) is 3.83. The van der Waals surface area contributed by atoms with E-state index >= 15 is 0 Å². The maximum Gasteiger partial charge on any atom is 0.263 e. The summed E-state index contributed by atoms with van der Waals surface area (Å²) in [5.74, 6) is -3.03. The first kappa shape index (κ1) is 18.3. The number of nitrogens with one attached hydrogen (secondary N) is 1. The van der Waals surface area contributed by atoms with E-state index in [1.165, 1.54) is 35.1 Å². The van der Waals surface area contributed by atoms with Gasteiger partial charge in [-0.3, -0.25) is 9.40 Å². The fourth-order valence-electron chi connectivity index (χ4n) is 2.19. The van der Waals surface area contributed by atoms with Crippen LogP contribution in [0.2, 0.25) is 5.02 Å². The Morgan fingerprint density at radius 3 is 2.50 bits per heavy atom. The van der Waals surface area contributed by atoms with Gasteiger partial charge in [-0.1, -0.05) is 17.7 Å². The number of hydrogen-bond acceptors (Lipinski definition) is 3. The summed E-state index contributed by atoms with van der Waals surface area (Å²) < 4.78 is 67.8. The SMILES string of the molecule is O=S(=O)(Nc1ccn(Cc2c(F)cccc2Cl)n1)c1ccc(F)c(F)c1. The largest absolute Gasteiger partial charge is 0.266 e. The summed E-state index contributed by atoms with van der Waals surface area (Å²) in [5, 5.41) is 4.18. The Bertz CT molecular complexity index is 1050. The number of halogens is 4. The van der Waals surface area contributed by atoms with Gasteiger partial charge in [0.2, 0.25) is 0 Å². The molecule has 0 aliphatic heterocycles. The minimum Gasteiger partial charge on any atom is -0.266 e. The Labute approximate surface area is 152 Å². The van der Waals surface area contributed by atoms with Crippen molar-refractivity contribution in [3.05, 3.63) is 76.7 Å². The van der Waals surface area contributed by atoms with Gasteiger partial charge < -0.3 is 0 Å². The van der Waals surface area contributed by atoms with Crippen molar-refractivity contribution in [1.29, 1.82) is 0 Å². The van der Waals surface area contributed by atoms with Gasteiger partial charge in [0.15, 0.2) is 17.5 Å². The molecule has 1 heterocycles. The highest BCUT2D eigenvalue weighted by Gasteiger charge is 2.18. The zero-order valence-electron chi connectivity index (χ0n) is 13.0. The van der Waals surface area contributed by atoms with Crippen molar-refractivity contribution in [2.45, 2.75) is 11.4 Å². The van der Waals surface area contributed by atoms with Gasteiger partial charge in [0.1, 0.15) is 5.82 Å². The van der Waals surface area contributed by atoms with E-state index in [9.17, 15) is 21.6 Å². The highest BCUT2D eigenvalue weighted by molar-refractivity contribution is 7.92. The molecule has 0 unspecified atom stereocenters. The molecule has 0 bridgehead atoms. The first-order valence-electron chi connectivity index (χ1n) is 7.20. The van der Waals surface area contributed by atoms with Gasteiger partial charge in [0.25, 0.3) is 10.0 Å². The van der Waals surface area contributed by atoms with Crippen LogP contribution in [0.3, 0.4) is 0 Å². The molecule has 0 atom stereocenters. The van der Waals surface area contributed by atoms with Crippen LogP contribution in [0.4, 0.5) is 19.0 Å². The molecule has 5 nitrogen and oxygen atoms in total. The lowest BCUT2D eigenvalue weighted by atomic mass is 10.2. The minimum absolute atomic E-state index is 0.0155. The molecule has 0 radical (unpaired) electrons. The molecular weight excluding hydrogens is 391 g/mol. The van der Waals surface area contributed by atoms with Crippen molar-refractivity contribution in [3.8, 4) is 0 Å². The Kier molecular flexibility index (Phi) is 4.92. The zero-order chi connectivity index (χ0) is 18.9. The van der Waals surface area contributed by atoms with Crippen LogP contribution in [0, 0.1) is 17.5 Å². The number of benzene rings is 2. The molecule has 26 heavy (non-hydrogen) atoms. The van der Waals surface area contributed by atoms with E-state index in [1.807, 2.05) is 0 Å². The fourth-order valence-corrected chi connectivity index (χ4v) is 3.42. The number of anilines is 1. The normalized spacial score (nSPS) is 11.5.